The van der Waals surface area contributed by atoms with Gasteiger partial charge in [0.25, 0.3) is 0 Å². The molecule has 3 aliphatic rings. The smallest absolute Gasteiger partial charge is 0.340 e. The standard InChI is InChI=1S/C20H24O5/c1-19(2)7-4-8-20(3)12(19)6-5-10-13-14(11(9-21)25-18(13)24)16(22)17(23)15(10)20/h5-6,11-12,21-23H,4,7-9H2,1-3H3/t11-,12+,20+/m1/s1. The van der Waals surface area contributed by atoms with Crippen LogP contribution in [0.5, 0.6) is 11.5 Å². The quantitative estimate of drug-likeness (QED) is 0.537. The van der Waals surface area contributed by atoms with Crippen LogP contribution in [0.4, 0.5) is 0 Å². The summed E-state index contributed by atoms with van der Waals surface area (Å²) < 4.78 is 5.20. The topological polar surface area (TPSA) is 87.0 Å². The number of ether oxygens (including phenoxy) is 1. The maximum Gasteiger partial charge on any atom is 0.340 e. The van der Waals surface area contributed by atoms with Gasteiger partial charge in [0.2, 0.25) is 0 Å². The lowest BCUT2D eigenvalue weighted by molar-refractivity contribution is 0.0231. The molecule has 0 saturated heterocycles. The van der Waals surface area contributed by atoms with Crippen molar-refractivity contribution in [2.24, 2.45) is 11.3 Å². The van der Waals surface area contributed by atoms with E-state index < -0.39 is 18.7 Å². The Kier molecular flexibility index (Phi) is 3.30. The first-order chi connectivity index (χ1) is 11.7. The average molecular weight is 344 g/mol. The summed E-state index contributed by atoms with van der Waals surface area (Å²) in [5, 5.41) is 30.9. The molecule has 1 aromatic rings. The molecule has 0 unspecified atom stereocenters. The monoisotopic (exact) mass is 344 g/mol. The molecule has 0 amide bonds. The second-order valence-corrected chi connectivity index (χ2v) is 8.45. The Labute approximate surface area is 146 Å². The maximum absolute atomic E-state index is 12.4. The van der Waals surface area contributed by atoms with E-state index in [0.717, 1.165) is 19.3 Å². The second kappa shape index (κ2) is 5.01. The number of hydrogen-bond acceptors (Lipinski definition) is 5. The summed E-state index contributed by atoms with van der Waals surface area (Å²) in [6.45, 7) is 6.13. The van der Waals surface area contributed by atoms with Crippen molar-refractivity contribution >= 4 is 12.0 Å². The predicted molar refractivity (Wildman–Crippen MR) is 92.5 cm³/mol. The fourth-order valence-electron chi connectivity index (χ4n) is 5.45. The molecule has 4 rings (SSSR count). The van der Waals surface area contributed by atoms with Crippen molar-refractivity contribution in [1.29, 1.82) is 0 Å². The molecule has 2 aliphatic carbocycles. The summed E-state index contributed by atoms with van der Waals surface area (Å²) >= 11 is 0. The van der Waals surface area contributed by atoms with Crippen LogP contribution in [0.25, 0.3) is 6.08 Å². The van der Waals surface area contributed by atoms with Gasteiger partial charge in [-0.2, -0.15) is 0 Å². The Balaban J connectivity index is 2.03. The highest BCUT2D eigenvalue weighted by atomic mass is 16.6. The number of esters is 1. The van der Waals surface area contributed by atoms with E-state index in [0.29, 0.717) is 11.1 Å². The Morgan fingerprint density at radius 3 is 2.60 bits per heavy atom. The number of benzene rings is 1. The van der Waals surface area contributed by atoms with E-state index in [9.17, 15) is 20.1 Å². The van der Waals surface area contributed by atoms with E-state index in [1.54, 1.807) is 0 Å². The average Bonchev–Trinajstić information content (AvgIpc) is 2.88. The molecular weight excluding hydrogens is 320 g/mol. The summed E-state index contributed by atoms with van der Waals surface area (Å²) in [6, 6.07) is 0. The van der Waals surface area contributed by atoms with E-state index in [1.807, 2.05) is 6.08 Å². The van der Waals surface area contributed by atoms with Gasteiger partial charge in [0.15, 0.2) is 17.6 Å². The number of rotatable bonds is 1. The molecule has 0 spiro atoms. The van der Waals surface area contributed by atoms with Gasteiger partial charge in [-0.3, -0.25) is 0 Å². The minimum atomic E-state index is -0.930. The number of cyclic esters (lactones) is 1. The lowest BCUT2D eigenvalue weighted by atomic mass is 9.52. The minimum Gasteiger partial charge on any atom is -0.504 e. The van der Waals surface area contributed by atoms with Crippen molar-refractivity contribution in [2.45, 2.75) is 51.6 Å². The number of phenols is 2. The normalized spacial score (nSPS) is 31.9. The Hall–Kier alpha value is -2.01. The van der Waals surface area contributed by atoms with Crippen molar-refractivity contribution in [1.82, 2.24) is 0 Å². The number of carbonyl (C=O) groups is 1. The Morgan fingerprint density at radius 2 is 1.92 bits per heavy atom. The molecule has 1 aromatic carbocycles. The fourth-order valence-corrected chi connectivity index (χ4v) is 5.45. The molecule has 0 radical (unpaired) electrons. The van der Waals surface area contributed by atoms with Crippen LogP contribution in [0.3, 0.4) is 0 Å². The molecule has 134 valence electrons. The lowest BCUT2D eigenvalue weighted by Crippen LogP contribution is -2.45. The van der Waals surface area contributed by atoms with E-state index in [2.05, 4.69) is 26.8 Å². The van der Waals surface area contributed by atoms with Crippen molar-refractivity contribution in [3.63, 3.8) is 0 Å². The van der Waals surface area contributed by atoms with Gasteiger partial charge in [-0.25, -0.2) is 4.79 Å². The summed E-state index contributed by atoms with van der Waals surface area (Å²) in [6.07, 6.45) is 6.09. The first-order valence-electron chi connectivity index (χ1n) is 8.84. The summed E-state index contributed by atoms with van der Waals surface area (Å²) in [7, 11) is 0. The molecule has 3 atom stereocenters. The molecule has 0 aromatic heterocycles. The number of fused-ring (bicyclic) bond motifs is 5. The SMILES string of the molecule is CC1(C)CCC[C@]2(C)c3c(O)c(O)c4c(c3C=C[C@@H]12)C(=O)O[C@@H]4CO. The van der Waals surface area contributed by atoms with Gasteiger partial charge in [0.05, 0.1) is 17.7 Å². The molecule has 25 heavy (non-hydrogen) atoms. The molecular formula is C20H24O5. The molecule has 1 aliphatic heterocycles. The summed E-state index contributed by atoms with van der Waals surface area (Å²) in [5.74, 6) is -0.865. The molecule has 1 heterocycles. The van der Waals surface area contributed by atoms with Crippen LogP contribution < -0.4 is 0 Å². The van der Waals surface area contributed by atoms with Crippen molar-refractivity contribution < 1.29 is 24.9 Å². The first kappa shape index (κ1) is 16.5. The number of allylic oxidation sites excluding steroid dienone is 1. The third-order valence-corrected chi connectivity index (χ3v) is 6.54. The van der Waals surface area contributed by atoms with Gasteiger partial charge in [-0.15, -0.1) is 0 Å². The van der Waals surface area contributed by atoms with E-state index in [1.165, 1.54) is 0 Å². The lowest BCUT2D eigenvalue weighted by Gasteiger charge is -2.52. The zero-order valence-electron chi connectivity index (χ0n) is 14.8. The number of carbonyl (C=O) groups excluding carboxylic acids is 1. The molecule has 0 bridgehead atoms. The molecule has 5 heteroatoms. The molecule has 1 fully saturated rings. The third kappa shape index (κ3) is 1.96. The van der Waals surface area contributed by atoms with Crippen LogP contribution in [0.15, 0.2) is 6.08 Å². The summed E-state index contributed by atoms with van der Waals surface area (Å²) in [5.41, 5.74) is 1.45. The van der Waals surface area contributed by atoms with Crippen molar-refractivity contribution in [3.05, 3.63) is 28.3 Å². The third-order valence-electron chi connectivity index (χ3n) is 6.54. The van der Waals surface area contributed by atoms with Crippen molar-refractivity contribution in [3.8, 4) is 11.5 Å². The van der Waals surface area contributed by atoms with Crippen LogP contribution in [-0.4, -0.2) is 27.9 Å². The van der Waals surface area contributed by atoms with E-state index >= 15 is 0 Å². The van der Waals surface area contributed by atoms with Gasteiger partial charge in [-0.05, 0) is 29.7 Å². The minimum absolute atomic E-state index is 0.0659. The van der Waals surface area contributed by atoms with Crippen molar-refractivity contribution in [2.75, 3.05) is 6.61 Å². The first-order valence-corrected chi connectivity index (χ1v) is 8.84. The number of aromatic hydroxyl groups is 2. The van der Waals surface area contributed by atoms with Crippen LogP contribution in [0.1, 0.15) is 73.2 Å². The van der Waals surface area contributed by atoms with Crippen LogP contribution in [0, 0.1) is 11.3 Å². The highest BCUT2D eigenvalue weighted by Crippen LogP contribution is 2.60. The fraction of sp³-hybridized carbons (Fsp3) is 0.550. The summed E-state index contributed by atoms with van der Waals surface area (Å²) in [4.78, 5) is 12.4. The number of hydrogen-bond donors (Lipinski definition) is 3. The Morgan fingerprint density at radius 1 is 1.20 bits per heavy atom. The molecule has 3 N–H and O–H groups in total. The molecule has 5 nitrogen and oxygen atoms in total. The predicted octanol–water partition coefficient (Wildman–Crippen LogP) is 3.41. The van der Waals surface area contributed by atoms with E-state index in [4.69, 9.17) is 4.74 Å². The van der Waals surface area contributed by atoms with Gasteiger partial charge in [-0.1, -0.05) is 39.3 Å². The van der Waals surface area contributed by atoms with Crippen LogP contribution >= 0.6 is 0 Å². The van der Waals surface area contributed by atoms with Gasteiger partial charge in [0.1, 0.15) is 0 Å². The molecule has 1 saturated carbocycles. The zero-order valence-corrected chi connectivity index (χ0v) is 14.8. The number of aliphatic hydroxyl groups excluding tert-OH is 1. The van der Waals surface area contributed by atoms with Gasteiger partial charge >= 0.3 is 5.97 Å². The highest BCUT2D eigenvalue weighted by Gasteiger charge is 2.52. The van der Waals surface area contributed by atoms with Gasteiger partial charge < -0.3 is 20.1 Å². The Bertz CT molecular complexity index is 807. The van der Waals surface area contributed by atoms with Gasteiger partial charge in [0, 0.05) is 11.0 Å². The number of phenolic OH excluding ortho intramolecular Hbond substituents is 2. The van der Waals surface area contributed by atoms with Crippen LogP contribution in [0.2, 0.25) is 0 Å². The van der Waals surface area contributed by atoms with Crippen LogP contribution in [-0.2, 0) is 10.2 Å². The van der Waals surface area contributed by atoms with E-state index in [-0.39, 0.29) is 39.4 Å². The zero-order chi connectivity index (χ0) is 18.1. The maximum atomic E-state index is 12.4. The highest BCUT2D eigenvalue weighted by molar-refractivity contribution is 6.01. The number of aliphatic hydroxyl groups is 1. The second-order valence-electron chi connectivity index (χ2n) is 8.45. The largest absolute Gasteiger partial charge is 0.504 e.